The Morgan fingerprint density at radius 2 is 1.72 bits per heavy atom. The summed E-state index contributed by atoms with van der Waals surface area (Å²) in [6, 6.07) is 12.2. The summed E-state index contributed by atoms with van der Waals surface area (Å²) < 4.78 is 34.5. The molecule has 7 heteroatoms. The second kappa shape index (κ2) is 9.00. The van der Waals surface area contributed by atoms with E-state index in [9.17, 15) is 13.2 Å². The van der Waals surface area contributed by atoms with Crippen molar-refractivity contribution in [2.75, 3.05) is 13.2 Å². The van der Waals surface area contributed by atoms with Crippen LogP contribution in [0.4, 0.5) is 0 Å². The van der Waals surface area contributed by atoms with Crippen molar-refractivity contribution >= 4 is 35.4 Å². The quantitative estimate of drug-likeness (QED) is 0.471. The molecular formula is C22H27NO4SSe. The van der Waals surface area contributed by atoms with Gasteiger partial charge in [0.25, 0.3) is 0 Å². The van der Waals surface area contributed by atoms with Crippen LogP contribution in [-0.2, 0) is 19.6 Å². The fourth-order valence-electron chi connectivity index (χ4n) is 3.57. The van der Waals surface area contributed by atoms with Crippen molar-refractivity contribution < 1.29 is 17.9 Å². The van der Waals surface area contributed by atoms with Crippen LogP contribution in [0.15, 0.2) is 47.4 Å². The van der Waals surface area contributed by atoms with E-state index in [1.807, 2.05) is 13.0 Å². The van der Waals surface area contributed by atoms with Gasteiger partial charge in [-0.1, -0.05) is 0 Å². The summed E-state index contributed by atoms with van der Waals surface area (Å²) in [5, 5.41) is 0. The molecule has 1 saturated heterocycles. The van der Waals surface area contributed by atoms with E-state index in [1.54, 1.807) is 31.2 Å². The molecule has 0 amide bonds. The number of carbonyl (C=O) groups is 1. The van der Waals surface area contributed by atoms with E-state index >= 15 is 0 Å². The monoisotopic (exact) mass is 481 g/mol. The van der Waals surface area contributed by atoms with Gasteiger partial charge < -0.3 is 0 Å². The molecular weight excluding hydrogens is 453 g/mol. The van der Waals surface area contributed by atoms with Crippen LogP contribution in [-0.4, -0.2) is 52.8 Å². The number of benzene rings is 2. The van der Waals surface area contributed by atoms with Crippen LogP contribution >= 0.6 is 0 Å². The van der Waals surface area contributed by atoms with Gasteiger partial charge in [-0.3, -0.25) is 0 Å². The van der Waals surface area contributed by atoms with Gasteiger partial charge in [0.15, 0.2) is 0 Å². The zero-order chi connectivity index (χ0) is 21.2. The summed E-state index contributed by atoms with van der Waals surface area (Å²) in [7, 11) is -3.77. The van der Waals surface area contributed by atoms with E-state index < -0.39 is 22.0 Å². The molecule has 1 aliphatic heterocycles. The van der Waals surface area contributed by atoms with Gasteiger partial charge in [-0.15, -0.1) is 0 Å². The average Bonchev–Trinajstić information content (AvgIpc) is 3.10. The van der Waals surface area contributed by atoms with Gasteiger partial charge in [0.1, 0.15) is 0 Å². The first-order chi connectivity index (χ1) is 13.7. The SMILES string of the molecule is CCOC(=O)[C@@H]1C[C@H]([Se]c2c(C)cccc2C)CN1S(=O)(=O)c1ccc(C)cc1. The van der Waals surface area contributed by atoms with E-state index in [2.05, 4.69) is 26.0 Å². The van der Waals surface area contributed by atoms with E-state index in [0.717, 1.165) is 5.56 Å². The summed E-state index contributed by atoms with van der Waals surface area (Å²) in [5.41, 5.74) is 3.43. The Bertz CT molecular complexity index is 968. The average molecular weight is 480 g/mol. The molecule has 0 aromatic heterocycles. The van der Waals surface area contributed by atoms with Crippen LogP contribution in [0.3, 0.4) is 0 Å². The van der Waals surface area contributed by atoms with Crippen molar-refractivity contribution in [1.29, 1.82) is 0 Å². The summed E-state index contributed by atoms with van der Waals surface area (Å²) in [6.45, 7) is 8.40. The summed E-state index contributed by atoms with van der Waals surface area (Å²) in [6.07, 6.45) is 0.498. The van der Waals surface area contributed by atoms with Gasteiger partial charge in [0.2, 0.25) is 0 Å². The molecule has 3 rings (SSSR count). The number of rotatable bonds is 6. The fraction of sp³-hybridized carbons (Fsp3) is 0.409. The maximum atomic E-state index is 13.3. The first kappa shape index (κ1) is 22.0. The summed E-state index contributed by atoms with van der Waals surface area (Å²) in [5.74, 6) is -0.456. The number of carbonyl (C=O) groups excluding carboxylic acids is 1. The number of hydrogen-bond acceptors (Lipinski definition) is 4. The molecule has 156 valence electrons. The van der Waals surface area contributed by atoms with E-state index in [1.165, 1.54) is 19.9 Å². The number of aryl methyl sites for hydroxylation is 3. The van der Waals surface area contributed by atoms with Crippen LogP contribution in [0.2, 0.25) is 4.82 Å². The Kier molecular flexibility index (Phi) is 6.84. The second-order valence-corrected chi connectivity index (χ2v) is 12.0. The zero-order valence-corrected chi connectivity index (χ0v) is 19.7. The molecule has 1 fully saturated rings. The molecule has 0 unspecified atom stereocenters. The second-order valence-electron chi connectivity index (χ2n) is 7.35. The fourth-order valence-corrected chi connectivity index (χ4v) is 8.26. The number of sulfonamides is 1. The van der Waals surface area contributed by atoms with Crippen molar-refractivity contribution in [1.82, 2.24) is 4.31 Å². The van der Waals surface area contributed by atoms with Crippen LogP contribution in [0.25, 0.3) is 0 Å². The van der Waals surface area contributed by atoms with Gasteiger partial charge in [-0.25, -0.2) is 0 Å². The number of esters is 1. The van der Waals surface area contributed by atoms with Crippen molar-refractivity contribution in [3.8, 4) is 0 Å². The molecule has 0 radical (unpaired) electrons. The Morgan fingerprint density at radius 3 is 2.31 bits per heavy atom. The van der Waals surface area contributed by atoms with Crippen LogP contribution in [0.1, 0.15) is 30.0 Å². The maximum absolute atomic E-state index is 13.3. The Hall–Kier alpha value is -1.66. The molecule has 1 heterocycles. The Balaban J connectivity index is 1.91. The molecule has 2 aromatic carbocycles. The van der Waals surface area contributed by atoms with Crippen molar-refractivity contribution in [3.05, 3.63) is 59.2 Å². The van der Waals surface area contributed by atoms with Crippen LogP contribution in [0.5, 0.6) is 0 Å². The topological polar surface area (TPSA) is 63.7 Å². The van der Waals surface area contributed by atoms with E-state index in [4.69, 9.17) is 4.74 Å². The van der Waals surface area contributed by atoms with E-state index in [0.29, 0.717) is 13.0 Å². The number of ether oxygens (including phenoxy) is 1. The van der Waals surface area contributed by atoms with Crippen LogP contribution < -0.4 is 4.46 Å². The predicted octanol–water partition coefficient (Wildman–Crippen LogP) is 2.76. The molecule has 1 aliphatic rings. The molecule has 29 heavy (non-hydrogen) atoms. The van der Waals surface area contributed by atoms with Gasteiger partial charge in [0.05, 0.1) is 0 Å². The molecule has 0 bridgehead atoms. The third kappa shape index (κ3) is 4.75. The molecule has 0 spiro atoms. The molecule has 5 nitrogen and oxygen atoms in total. The molecule has 0 N–H and O–H groups in total. The third-order valence-electron chi connectivity index (χ3n) is 5.10. The normalized spacial score (nSPS) is 20.0. The zero-order valence-electron chi connectivity index (χ0n) is 17.2. The van der Waals surface area contributed by atoms with Gasteiger partial charge >= 0.3 is 180 Å². The molecule has 0 saturated carbocycles. The first-order valence-corrected chi connectivity index (χ1v) is 13.0. The predicted molar refractivity (Wildman–Crippen MR) is 115 cm³/mol. The molecule has 2 atom stereocenters. The van der Waals surface area contributed by atoms with Crippen molar-refractivity contribution in [2.24, 2.45) is 0 Å². The summed E-state index contributed by atoms with van der Waals surface area (Å²) >= 11 is 0.0672. The number of hydrogen-bond donors (Lipinski definition) is 0. The molecule has 2 aromatic rings. The minimum atomic E-state index is -3.77. The van der Waals surface area contributed by atoms with Gasteiger partial charge in [-0.05, 0) is 0 Å². The minimum absolute atomic E-state index is 0.0672. The number of nitrogens with zero attached hydrogens (tertiary/aromatic N) is 1. The third-order valence-corrected chi connectivity index (χ3v) is 10.2. The summed E-state index contributed by atoms with van der Waals surface area (Å²) in [4.78, 5) is 12.9. The first-order valence-electron chi connectivity index (χ1n) is 9.72. The van der Waals surface area contributed by atoms with Gasteiger partial charge in [0, 0.05) is 0 Å². The van der Waals surface area contributed by atoms with Crippen molar-refractivity contribution in [3.63, 3.8) is 0 Å². The Morgan fingerprint density at radius 1 is 1.10 bits per heavy atom. The molecule has 0 aliphatic carbocycles. The standard InChI is InChI=1S/C22H27NO4SSe/c1-5-27-22(24)20-13-19(29-21-16(3)7-6-8-17(21)4)14-23(20)28(25,26)18-11-9-15(2)10-12-18/h6-12,19-20H,5,13-14H2,1-4H3/t19-,20-/m0/s1. The van der Waals surface area contributed by atoms with Gasteiger partial charge in [-0.2, -0.15) is 0 Å². The Labute approximate surface area is 179 Å². The van der Waals surface area contributed by atoms with Crippen LogP contribution in [0, 0.1) is 20.8 Å². The van der Waals surface area contributed by atoms with E-state index in [-0.39, 0.29) is 31.3 Å². The van der Waals surface area contributed by atoms with Crippen molar-refractivity contribution in [2.45, 2.75) is 49.9 Å².